The van der Waals surface area contributed by atoms with Crippen molar-refractivity contribution in [2.75, 3.05) is 6.54 Å². The Labute approximate surface area is 108 Å². The quantitative estimate of drug-likeness (QED) is 0.590. The van der Waals surface area contributed by atoms with Crippen molar-refractivity contribution in [3.63, 3.8) is 0 Å². The van der Waals surface area contributed by atoms with Gasteiger partial charge in [0.05, 0.1) is 0 Å². The van der Waals surface area contributed by atoms with Crippen LogP contribution in [0.2, 0.25) is 0 Å². The predicted octanol–water partition coefficient (Wildman–Crippen LogP) is 4.22. The summed E-state index contributed by atoms with van der Waals surface area (Å²) >= 11 is 4.05. The van der Waals surface area contributed by atoms with Crippen LogP contribution in [0.25, 0.3) is 0 Å². The number of hydrogen-bond donors (Lipinski definition) is 1. The molecule has 16 heavy (non-hydrogen) atoms. The summed E-state index contributed by atoms with van der Waals surface area (Å²) in [5, 5.41) is 0.0980. The molecule has 1 rings (SSSR count). The molecule has 0 radical (unpaired) electrons. The zero-order valence-electron chi connectivity index (χ0n) is 10.7. The molecule has 0 bridgehead atoms. The molecule has 1 fully saturated rings. The van der Waals surface area contributed by atoms with Crippen molar-refractivity contribution in [1.29, 1.82) is 0 Å². The number of hydrogen-bond acceptors (Lipinski definition) is 3. The van der Waals surface area contributed by atoms with E-state index in [0.717, 1.165) is 29.7 Å². The summed E-state index contributed by atoms with van der Waals surface area (Å²) in [7, 11) is 1.04. The van der Waals surface area contributed by atoms with Gasteiger partial charge in [0.25, 0.3) is 5.24 Å². The smallest absolute Gasteiger partial charge is 0.292 e. The molecule has 1 amide bonds. The van der Waals surface area contributed by atoms with E-state index in [1.807, 2.05) is 4.90 Å². The molecular formula is C12H23NOS2. The normalized spacial score (nSPS) is 16.6. The fourth-order valence-electron chi connectivity index (χ4n) is 2.29. The van der Waals surface area contributed by atoms with Crippen LogP contribution in [0.3, 0.4) is 0 Å². The lowest BCUT2D eigenvalue weighted by Gasteiger charge is -2.39. The Morgan fingerprint density at radius 2 is 2.06 bits per heavy atom. The molecule has 0 atom stereocenters. The van der Waals surface area contributed by atoms with E-state index in [2.05, 4.69) is 39.4 Å². The molecule has 0 heterocycles. The van der Waals surface area contributed by atoms with E-state index in [-0.39, 0.29) is 10.8 Å². The molecule has 0 N–H and O–H groups in total. The van der Waals surface area contributed by atoms with Crippen molar-refractivity contribution in [1.82, 2.24) is 4.90 Å². The highest BCUT2D eigenvalue weighted by Gasteiger charge is 2.35. The second-order valence-electron chi connectivity index (χ2n) is 5.82. The van der Waals surface area contributed by atoms with E-state index < -0.39 is 0 Å². The third kappa shape index (κ3) is 4.21. The Kier molecular flexibility index (Phi) is 5.05. The van der Waals surface area contributed by atoms with Gasteiger partial charge in [-0.3, -0.25) is 4.79 Å². The lowest BCUT2D eigenvalue weighted by atomic mass is 9.91. The highest BCUT2D eigenvalue weighted by Crippen LogP contribution is 2.35. The monoisotopic (exact) mass is 261 g/mol. The molecule has 0 aliphatic heterocycles. The Morgan fingerprint density at radius 1 is 1.50 bits per heavy atom. The molecule has 94 valence electrons. The van der Waals surface area contributed by atoms with Gasteiger partial charge in [0, 0.05) is 22.9 Å². The van der Waals surface area contributed by atoms with Crippen LogP contribution >= 0.6 is 22.5 Å². The summed E-state index contributed by atoms with van der Waals surface area (Å²) in [5.74, 6) is 1.34. The fraction of sp³-hybridized carbons (Fsp3) is 0.917. The first-order chi connectivity index (χ1) is 7.36. The SMILES string of the molecule is CC(C)CC(C)(C)N(CC1CC1)C(=O)SS. The van der Waals surface area contributed by atoms with E-state index in [1.54, 1.807) is 0 Å². The van der Waals surface area contributed by atoms with Gasteiger partial charge in [0.1, 0.15) is 0 Å². The Balaban J connectivity index is 2.67. The van der Waals surface area contributed by atoms with Crippen molar-refractivity contribution in [3.05, 3.63) is 0 Å². The van der Waals surface area contributed by atoms with Gasteiger partial charge in [-0.15, -0.1) is 11.7 Å². The number of rotatable bonds is 5. The Morgan fingerprint density at radius 3 is 2.44 bits per heavy atom. The molecule has 0 unspecified atom stereocenters. The third-order valence-corrected chi connectivity index (χ3v) is 3.92. The van der Waals surface area contributed by atoms with Gasteiger partial charge in [-0.05, 0) is 44.9 Å². The highest BCUT2D eigenvalue weighted by molar-refractivity contribution is 8.74. The number of carbonyl (C=O) groups is 1. The van der Waals surface area contributed by atoms with Gasteiger partial charge in [0.15, 0.2) is 0 Å². The van der Waals surface area contributed by atoms with Crippen LogP contribution in [-0.2, 0) is 0 Å². The number of amides is 1. The first-order valence-corrected chi connectivity index (χ1v) is 7.86. The first kappa shape index (κ1) is 14.2. The van der Waals surface area contributed by atoms with E-state index >= 15 is 0 Å². The highest BCUT2D eigenvalue weighted by atomic mass is 33.1. The van der Waals surface area contributed by atoms with Crippen LogP contribution < -0.4 is 0 Å². The van der Waals surface area contributed by atoms with E-state index in [0.29, 0.717) is 5.92 Å². The van der Waals surface area contributed by atoms with Crippen LogP contribution in [0.4, 0.5) is 4.79 Å². The van der Waals surface area contributed by atoms with Crippen molar-refractivity contribution in [2.45, 2.75) is 52.5 Å². The van der Waals surface area contributed by atoms with Crippen LogP contribution in [-0.4, -0.2) is 22.2 Å². The van der Waals surface area contributed by atoms with Gasteiger partial charge in [-0.2, -0.15) is 0 Å². The summed E-state index contributed by atoms with van der Waals surface area (Å²) in [6.07, 6.45) is 3.59. The minimum atomic E-state index is -0.0520. The van der Waals surface area contributed by atoms with Gasteiger partial charge in [-0.1, -0.05) is 13.8 Å². The van der Waals surface area contributed by atoms with Gasteiger partial charge in [0.2, 0.25) is 0 Å². The maximum absolute atomic E-state index is 11.9. The molecule has 0 spiro atoms. The van der Waals surface area contributed by atoms with Crippen molar-refractivity contribution < 1.29 is 4.79 Å². The van der Waals surface area contributed by atoms with Gasteiger partial charge < -0.3 is 4.90 Å². The maximum atomic E-state index is 11.9. The third-order valence-electron chi connectivity index (χ3n) is 3.07. The summed E-state index contributed by atoms with van der Waals surface area (Å²) in [4.78, 5) is 13.9. The van der Waals surface area contributed by atoms with Crippen LogP contribution in [0.1, 0.15) is 47.0 Å². The van der Waals surface area contributed by atoms with Gasteiger partial charge >= 0.3 is 0 Å². The maximum Gasteiger partial charge on any atom is 0.292 e. The standard InChI is InChI=1S/C12H23NOS2/c1-9(2)7-12(3,4)13(11(14)16-15)8-10-5-6-10/h9-10,15H,5-8H2,1-4H3. The van der Waals surface area contributed by atoms with Crippen molar-refractivity contribution in [3.8, 4) is 0 Å². The Bertz CT molecular complexity index is 249. The molecule has 0 aromatic rings. The summed E-state index contributed by atoms with van der Waals surface area (Å²) in [5.41, 5.74) is -0.0520. The van der Waals surface area contributed by atoms with Crippen LogP contribution in [0.15, 0.2) is 0 Å². The second-order valence-corrected chi connectivity index (χ2v) is 6.90. The minimum absolute atomic E-state index is 0.0520. The Hall–Kier alpha value is 0.170. The lowest BCUT2D eigenvalue weighted by Crippen LogP contribution is -2.47. The number of carbonyl (C=O) groups excluding carboxylic acids is 1. The topological polar surface area (TPSA) is 20.3 Å². The van der Waals surface area contributed by atoms with Crippen molar-refractivity contribution >= 4 is 27.7 Å². The average Bonchev–Trinajstić information content (AvgIpc) is 2.94. The minimum Gasteiger partial charge on any atom is -0.328 e. The zero-order valence-corrected chi connectivity index (χ0v) is 12.4. The average molecular weight is 261 g/mol. The second kappa shape index (κ2) is 5.67. The number of thiol groups is 1. The van der Waals surface area contributed by atoms with Gasteiger partial charge in [-0.25, -0.2) is 0 Å². The molecule has 0 aromatic carbocycles. The largest absolute Gasteiger partial charge is 0.328 e. The van der Waals surface area contributed by atoms with E-state index in [1.165, 1.54) is 12.8 Å². The molecule has 0 saturated heterocycles. The molecule has 4 heteroatoms. The molecule has 2 nitrogen and oxygen atoms in total. The molecular weight excluding hydrogens is 238 g/mol. The molecule has 1 aliphatic rings. The summed E-state index contributed by atoms with van der Waals surface area (Å²) < 4.78 is 0. The molecule has 0 aromatic heterocycles. The molecule has 1 aliphatic carbocycles. The van der Waals surface area contributed by atoms with Crippen LogP contribution in [0.5, 0.6) is 0 Å². The fourth-order valence-corrected chi connectivity index (χ4v) is 3.00. The van der Waals surface area contributed by atoms with Crippen LogP contribution in [0, 0.1) is 11.8 Å². The lowest BCUT2D eigenvalue weighted by molar-refractivity contribution is 0.133. The van der Waals surface area contributed by atoms with Crippen molar-refractivity contribution in [2.24, 2.45) is 11.8 Å². The first-order valence-electron chi connectivity index (χ1n) is 6.00. The predicted molar refractivity (Wildman–Crippen MR) is 74.9 cm³/mol. The summed E-state index contributed by atoms with van der Waals surface area (Å²) in [6.45, 7) is 9.64. The van der Waals surface area contributed by atoms with E-state index in [9.17, 15) is 4.79 Å². The number of nitrogens with zero attached hydrogens (tertiary/aromatic N) is 1. The summed E-state index contributed by atoms with van der Waals surface area (Å²) in [6, 6.07) is 0. The van der Waals surface area contributed by atoms with E-state index in [4.69, 9.17) is 0 Å². The zero-order chi connectivity index (χ0) is 12.3. The molecule has 1 saturated carbocycles.